The van der Waals surface area contributed by atoms with Crippen LogP contribution >= 0.6 is 0 Å². The van der Waals surface area contributed by atoms with Gasteiger partial charge in [-0.3, -0.25) is 0 Å². The molecule has 0 spiro atoms. The highest BCUT2D eigenvalue weighted by Crippen LogP contribution is 2.03. The average molecular weight is 225 g/mol. The molecule has 88 valence electrons. The van der Waals surface area contributed by atoms with Crippen LogP contribution in [-0.2, 0) is 0 Å². The Hall–Kier alpha value is -2.02. The second-order valence-corrected chi connectivity index (χ2v) is 3.56. The van der Waals surface area contributed by atoms with Gasteiger partial charge in [-0.2, -0.15) is 0 Å². The number of hydrogen-bond donors (Lipinski definition) is 1. The predicted molar refractivity (Wildman–Crippen MR) is 78.8 cm³/mol. The van der Waals surface area contributed by atoms with Gasteiger partial charge >= 0.3 is 0 Å². The average Bonchev–Trinajstić information content (AvgIpc) is 2.70. The van der Waals surface area contributed by atoms with Gasteiger partial charge in [0.05, 0.1) is 0 Å². The summed E-state index contributed by atoms with van der Waals surface area (Å²) in [5.41, 5.74) is 2.18. The number of rotatable bonds is 4. The molecule has 17 heavy (non-hydrogen) atoms. The van der Waals surface area contributed by atoms with E-state index >= 15 is 0 Å². The van der Waals surface area contributed by atoms with Gasteiger partial charge in [-0.15, -0.1) is 0 Å². The second kappa shape index (κ2) is 6.54. The minimum Gasteiger partial charge on any atom is -0.355 e. The Bertz CT molecular complexity index is 565. The van der Waals surface area contributed by atoms with E-state index in [9.17, 15) is 0 Å². The molecule has 0 saturated heterocycles. The van der Waals surface area contributed by atoms with Crippen molar-refractivity contribution >= 4 is 24.3 Å². The molecule has 0 amide bonds. The van der Waals surface area contributed by atoms with Crippen LogP contribution in [0.25, 0.3) is 24.3 Å². The van der Waals surface area contributed by atoms with Gasteiger partial charge in [0.1, 0.15) is 0 Å². The molecule has 1 heterocycles. The summed E-state index contributed by atoms with van der Waals surface area (Å²) in [6.07, 6.45) is 15.8. The van der Waals surface area contributed by atoms with Crippen LogP contribution in [0, 0.1) is 0 Å². The molecule has 1 N–H and O–H groups in total. The van der Waals surface area contributed by atoms with Crippen molar-refractivity contribution in [3.63, 3.8) is 0 Å². The molecular formula is C16H19N. The van der Waals surface area contributed by atoms with Gasteiger partial charge in [0.2, 0.25) is 0 Å². The standard InChI is InChI=1S/C16H19N/c1-5-9-11-13-14(12-10-6-2)16(8-4)17-15(13)7-3/h5-12,17H,1,3H2,2,4H3/b10-6-,11-9-,14-12-,16-8+. The SMILES string of the molecule is C=C/C=C\c1c(C=C)[nH]c(=C/C)/c1=C\C=C/C. The Morgan fingerprint density at radius 2 is 1.88 bits per heavy atom. The molecule has 0 atom stereocenters. The third kappa shape index (κ3) is 2.97. The number of nitrogens with one attached hydrogen (secondary N) is 1. The fourth-order valence-electron chi connectivity index (χ4n) is 1.67. The van der Waals surface area contributed by atoms with E-state index in [1.165, 1.54) is 5.22 Å². The van der Waals surface area contributed by atoms with E-state index in [4.69, 9.17) is 0 Å². The van der Waals surface area contributed by atoms with Crippen LogP contribution in [0.4, 0.5) is 0 Å². The fraction of sp³-hybridized carbons (Fsp3) is 0.125. The van der Waals surface area contributed by atoms with Gasteiger partial charge < -0.3 is 4.98 Å². The highest BCUT2D eigenvalue weighted by atomic mass is 14.7. The monoisotopic (exact) mass is 225 g/mol. The number of H-pyrrole nitrogens is 1. The largest absolute Gasteiger partial charge is 0.355 e. The Balaban J connectivity index is 3.63. The number of aromatic nitrogens is 1. The molecule has 1 aromatic heterocycles. The van der Waals surface area contributed by atoms with Crippen molar-refractivity contribution in [1.29, 1.82) is 0 Å². The summed E-state index contributed by atoms with van der Waals surface area (Å²) in [5, 5.41) is 2.29. The fourth-order valence-corrected chi connectivity index (χ4v) is 1.67. The maximum atomic E-state index is 3.83. The molecule has 0 fully saturated rings. The topological polar surface area (TPSA) is 15.8 Å². The number of allylic oxidation sites excluding steroid dienone is 4. The van der Waals surface area contributed by atoms with Gasteiger partial charge in [0.25, 0.3) is 0 Å². The van der Waals surface area contributed by atoms with E-state index in [0.717, 1.165) is 16.6 Å². The maximum absolute atomic E-state index is 3.83. The second-order valence-electron chi connectivity index (χ2n) is 3.56. The van der Waals surface area contributed by atoms with Crippen molar-refractivity contribution in [3.8, 4) is 0 Å². The molecule has 1 aromatic rings. The first kappa shape index (κ1) is 13.0. The summed E-state index contributed by atoms with van der Waals surface area (Å²) in [4.78, 5) is 3.34. The summed E-state index contributed by atoms with van der Waals surface area (Å²) in [6, 6.07) is 0. The van der Waals surface area contributed by atoms with Gasteiger partial charge in [0.15, 0.2) is 0 Å². The zero-order valence-electron chi connectivity index (χ0n) is 10.5. The van der Waals surface area contributed by atoms with E-state index in [1.807, 2.05) is 44.2 Å². The van der Waals surface area contributed by atoms with Gasteiger partial charge in [-0.1, -0.05) is 55.7 Å². The Morgan fingerprint density at radius 1 is 1.12 bits per heavy atom. The lowest BCUT2D eigenvalue weighted by atomic mass is 10.1. The zero-order valence-corrected chi connectivity index (χ0v) is 10.5. The van der Waals surface area contributed by atoms with E-state index in [1.54, 1.807) is 6.08 Å². The minimum atomic E-state index is 1.03. The summed E-state index contributed by atoms with van der Waals surface area (Å²) >= 11 is 0. The van der Waals surface area contributed by atoms with Crippen molar-refractivity contribution in [1.82, 2.24) is 4.98 Å². The highest BCUT2D eigenvalue weighted by Gasteiger charge is 2.01. The lowest BCUT2D eigenvalue weighted by Crippen LogP contribution is -2.23. The van der Waals surface area contributed by atoms with Crippen molar-refractivity contribution in [2.75, 3.05) is 0 Å². The van der Waals surface area contributed by atoms with Crippen LogP contribution in [-0.4, -0.2) is 4.98 Å². The van der Waals surface area contributed by atoms with Crippen molar-refractivity contribution < 1.29 is 0 Å². The van der Waals surface area contributed by atoms with Crippen LogP contribution in [0.1, 0.15) is 25.1 Å². The third-order valence-electron chi connectivity index (χ3n) is 2.49. The summed E-state index contributed by atoms with van der Waals surface area (Å²) < 4.78 is 0. The summed E-state index contributed by atoms with van der Waals surface area (Å²) in [6.45, 7) is 11.6. The molecule has 0 saturated carbocycles. The Labute approximate surface area is 103 Å². The summed E-state index contributed by atoms with van der Waals surface area (Å²) in [5.74, 6) is 0. The molecule has 0 aromatic carbocycles. The molecule has 0 unspecified atom stereocenters. The third-order valence-corrected chi connectivity index (χ3v) is 2.49. The molecule has 0 radical (unpaired) electrons. The van der Waals surface area contributed by atoms with Gasteiger partial charge in [-0.05, 0) is 19.9 Å². The quantitative estimate of drug-likeness (QED) is 0.758. The van der Waals surface area contributed by atoms with E-state index < -0.39 is 0 Å². The molecule has 1 rings (SSSR count). The number of aromatic amines is 1. The molecular weight excluding hydrogens is 206 g/mol. The van der Waals surface area contributed by atoms with Crippen molar-refractivity contribution in [3.05, 3.63) is 59.3 Å². The first-order valence-electron chi connectivity index (χ1n) is 5.71. The Kier molecular flexibility index (Phi) is 5.02. The first-order chi connectivity index (χ1) is 8.28. The van der Waals surface area contributed by atoms with Gasteiger partial charge in [0, 0.05) is 21.8 Å². The molecule has 1 heteroatoms. The van der Waals surface area contributed by atoms with Crippen LogP contribution in [0.15, 0.2) is 37.5 Å². The van der Waals surface area contributed by atoms with Crippen LogP contribution in [0.2, 0.25) is 0 Å². The van der Waals surface area contributed by atoms with Crippen LogP contribution in [0.3, 0.4) is 0 Å². The summed E-state index contributed by atoms with van der Waals surface area (Å²) in [7, 11) is 0. The lowest BCUT2D eigenvalue weighted by Gasteiger charge is -1.90. The molecule has 0 bridgehead atoms. The molecule has 0 aliphatic heterocycles. The van der Waals surface area contributed by atoms with Gasteiger partial charge in [-0.25, -0.2) is 0 Å². The predicted octanol–water partition coefficient (Wildman–Crippen LogP) is 3.01. The van der Waals surface area contributed by atoms with E-state index in [-0.39, 0.29) is 0 Å². The van der Waals surface area contributed by atoms with Crippen LogP contribution in [0.5, 0.6) is 0 Å². The van der Waals surface area contributed by atoms with Crippen molar-refractivity contribution in [2.24, 2.45) is 0 Å². The van der Waals surface area contributed by atoms with E-state index in [2.05, 4.69) is 30.3 Å². The zero-order chi connectivity index (χ0) is 12.7. The molecule has 0 aliphatic carbocycles. The van der Waals surface area contributed by atoms with Crippen molar-refractivity contribution in [2.45, 2.75) is 13.8 Å². The maximum Gasteiger partial charge on any atom is 0.0458 e. The number of hydrogen-bond acceptors (Lipinski definition) is 0. The lowest BCUT2D eigenvalue weighted by molar-refractivity contribution is 1.29. The van der Waals surface area contributed by atoms with E-state index in [0.29, 0.717) is 0 Å². The smallest absolute Gasteiger partial charge is 0.0458 e. The highest BCUT2D eigenvalue weighted by molar-refractivity contribution is 5.66. The molecule has 0 aliphatic rings. The minimum absolute atomic E-state index is 1.03. The van der Waals surface area contributed by atoms with Crippen LogP contribution < -0.4 is 10.6 Å². The first-order valence-corrected chi connectivity index (χ1v) is 5.71. The Morgan fingerprint density at radius 3 is 2.41 bits per heavy atom. The molecule has 1 nitrogen and oxygen atoms in total. The normalized spacial score (nSPS) is 14.0.